The molecule has 0 bridgehead atoms. The van der Waals surface area contributed by atoms with Crippen molar-refractivity contribution in [3.05, 3.63) is 29.3 Å². The molecule has 1 amide bonds. The molecule has 0 heterocycles. The molecule has 0 aliphatic rings. The first-order valence-electron chi connectivity index (χ1n) is 9.20. The minimum Gasteiger partial charge on any atom is -0.405 e. The highest BCUT2D eigenvalue weighted by atomic mass is 28.2. The zero-order chi connectivity index (χ0) is 22.8. The number of nitrogens with zero attached hydrogens (tertiary/aromatic N) is 1. The Morgan fingerprint density at radius 3 is 2.17 bits per heavy atom. The van der Waals surface area contributed by atoms with Crippen LogP contribution in [0.1, 0.15) is 40.5 Å². The van der Waals surface area contributed by atoms with Crippen molar-refractivity contribution in [1.29, 1.82) is 0 Å². The van der Waals surface area contributed by atoms with Crippen LogP contribution >= 0.6 is 0 Å². The summed E-state index contributed by atoms with van der Waals surface area (Å²) < 4.78 is 86.9. The summed E-state index contributed by atoms with van der Waals surface area (Å²) in [6, 6.07) is 0.651. The summed E-state index contributed by atoms with van der Waals surface area (Å²) in [4.78, 5) is 11.6. The fourth-order valence-electron chi connectivity index (χ4n) is 1.97. The molecule has 2 radical (unpaired) electrons. The molecule has 12 heteroatoms. The maximum atomic E-state index is 13.7. The Balaban J connectivity index is 2.36. The molecule has 1 aromatic carbocycles. The Bertz CT molecular complexity index is 685. The van der Waals surface area contributed by atoms with E-state index in [1.54, 1.807) is 0 Å². The van der Waals surface area contributed by atoms with E-state index in [-0.39, 0.29) is 39.6 Å². The third-order valence-electron chi connectivity index (χ3n) is 3.29. The van der Waals surface area contributed by atoms with E-state index in [2.05, 4.69) is 4.74 Å². The first-order chi connectivity index (χ1) is 14.0. The number of carbonyl (C=O) groups is 1. The lowest BCUT2D eigenvalue weighted by molar-refractivity contribution is -0.275. The van der Waals surface area contributed by atoms with E-state index in [9.17, 15) is 26.8 Å². The summed E-state index contributed by atoms with van der Waals surface area (Å²) in [6.45, 7) is 6.10. The van der Waals surface area contributed by atoms with Crippen LogP contribution in [0.5, 0.6) is 5.75 Å². The van der Waals surface area contributed by atoms with Crippen LogP contribution in [-0.2, 0) is 13.9 Å². The average molecular weight is 457 g/mol. The van der Waals surface area contributed by atoms with Crippen LogP contribution in [0.3, 0.4) is 0 Å². The van der Waals surface area contributed by atoms with Crippen molar-refractivity contribution in [3.63, 3.8) is 0 Å². The summed E-state index contributed by atoms with van der Waals surface area (Å²) in [6.07, 6.45) is -1.21. The molecule has 0 atom stereocenters. The topological polar surface area (TPSA) is 57.2 Å². The second kappa shape index (κ2) is 12.8. The smallest absolute Gasteiger partial charge is 0.405 e. The molecule has 1 aromatic rings. The molecule has 0 saturated heterocycles. The number of unbranched alkanes of at least 4 members (excludes halogenated alkanes) is 1. The minimum atomic E-state index is -2.16. The normalized spacial score (nSPS) is 11.6. The highest BCUT2D eigenvalue weighted by Gasteiger charge is 2.24. The van der Waals surface area contributed by atoms with Crippen LogP contribution in [0.4, 0.5) is 26.8 Å². The van der Waals surface area contributed by atoms with Crippen LogP contribution in [0.25, 0.3) is 0 Å². The average Bonchev–Trinajstić information content (AvgIpc) is 2.65. The van der Waals surface area contributed by atoms with Gasteiger partial charge in [0.1, 0.15) is 0 Å². The van der Waals surface area contributed by atoms with Crippen molar-refractivity contribution in [2.24, 2.45) is 0 Å². The van der Waals surface area contributed by atoms with Crippen LogP contribution in [0.15, 0.2) is 6.07 Å². The van der Waals surface area contributed by atoms with Gasteiger partial charge in [-0.3, -0.25) is 0 Å². The van der Waals surface area contributed by atoms with Gasteiger partial charge < -0.3 is 18.6 Å². The van der Waals surface area contributed by atoms with Gasteiger partial charge in [0, 0.05) is 6.07 Å². The quantitative estimate of drug-likeness (QED) is 0.0850. The summed E-state index contributed by atoms with van der Waals surface area (Å²) in [5.74, 6) is -9.19. The molecule has 30 heavy (non-hydrogen) atoms. The Hall–Kier alpha value is -1.76. The molecule has 0 aliphatic carbocycles. The van der Waals surface area contributed by atoms with Crippen molar-refractivity contribution in [2.75, 3.05) is 6.54 Å². The van der Waals surface area contributed by atoms with Crippen molar-refractivity contribution < 1.29 is 45.5 Å². The number of hydrogen-bond acceptors (Lipinski definition) is 5. The van der Waals surface area contributed by atoms with Gasteiger partial charge in [-0.15, -0.1) is 5.12 Å². The van der Waals surface area contributed by atoms with Gasteiger partial charge in [-0.2, -0.15) is 4.39 Å². The molecule has 0 N–H and O–H groups in total. The number of carbonyl (C=O) groups excluding carboxylic acids is 1. The second-order valence-corrected chi connectivity index (χ2v) is 7.65. The lowest BCUT2D eigenvalue weighted by Gasteiger charge is -2.22. The summed E-state index contributed by atoms with van der Waals surface area (Å²) in [5, 5.41) is -0.380. The lowest BCUT2D eigenvalue weighted by atomic mass is 10.3. The SMILES string of the molecule is CC(C)OC(O[Si]CCCCN(F)C(=O)Oc1cc(F)c(F)c(F)c1F)OC(C)C. The van der Waals surface area contributed by atoms with E-state index < -0.39 is 48.1 Å². The number of ether oxygens (including phenoxy) is 3. The fraction of sp³-hybridized carbons (Fsp3) is 0.611. The van der Waals surface area contributed by atoms with Gasteiger partial charge in [-0.25, -0.2) is 18.0 Å². The number of rotatable bonds is 12. The Morgan fingerprint density at radius 1 is 1.00 bits per heavy atom. The largest absolute Gasteiger partial charge is 0.443 e. The molecule has 0 unspecified atom stereocenters. The maximum absolute atomic E-state index is 13.7. The van der Waals surface area contributed by atoms with Crippen LogP contribution in [-0.4, -0.2) is 46.2 Å². The monoisotopic (exact) mass is 457 g/mol. The zero-order valence-electron chi connectivity index (χ0n) is 17.0. The van der Waals surface area contributed by atoms with Crippen molar-refractivity contribution in [1.82, 2.24) is 5.12 Å². The minimum absolute atomic E-state index is 0.00579. The predicted molar refractivity (Wildman–Crippen MR) is 97.2 cm³/mol. The number of benzene rings is 1. The number of hydrogen-bond donors (Lipinski definition) is 0. The Kier molecular flexibility index (Phi) is 11.2. The van der Waals surface area contributed by atoms with Crippen molar-refractivity contribution in [3.8, 4) is 5.75 Å². The number of amides is 1. The van der Waals surface area contributed by atoms with Crippen molar-refractivity contribution >= 4 is 15.9 Å². The third kappa shape index (κ3) is 8.94. The summed E-state index contributed by atoms with van der Waals surface area (Å²) >= 11 is 0. The lowest BCUT2D eigenvalue weighted by Crippen LogP contribution is -2.29. The highest BCUT2D eigenvalue weighted by molar-refractivity contribution is 6.27. The standard InChI is InChI=1S/C18H24F5NO5Si/c1-10(2)26-18(27-11(3)4)29-30-8-6-5-7-24(23)17(25)28-13-9-12(19)14(20)16(22)15(13)21/h9-11,18H,5-8H2,1-4H3. The van der Waals surface area contributed by atoms with Gasteiger partial charge in [0.25, 0.3) is 6.48 Å². The van der Waals surface area contributed by atoms with Crippen LogP contribution in [0.2, 0.25) is 6.04 Å². The van der Waals surface area contributed by atoms with Crippen LogP contribution < -0.4 is 4.74 Å². The molecule has 0 saturated carbocycles. The fourth-order valence-corrected chi connectivity index (χ4v) is 2.73. The second-order valence-electron chi connectivity index (χ2n) is 6.63. The first kappa shape index (κ1) is 26.3. The molecule has 0 spiro atoms. The number of halogens is 5. The zero-order valence-corrected chi connectivity index (χ0v) is 18.0. The van der Waals surface area contributed by atoms with Crippen LogP contribution in [0, 0.1) is 23.3 Å². The maximum Gasteiger partial charge on any atom is 0.443 e. The Morgan fingerprint density at radius 2 is 1.60 bits per heavy atom. The first-order valence-corrected chi connectivity index (χ1v) is 10.3. The summed E-state index contributed by atoms with van der Waals surface area (Å²) in [7, 11) is 0.00579. The molecule has 170 valence electrons. The van der Waals surface area contributed by atoms with Gasteiger partial charge in [0.05, 0.1) is 18.8 Å². The molecule has 0 fully saturated rings. The third-order valence-corrected chi connectivity index (χ3v) is 4.21. The predicted octanol–water partition coefficient (Wildman–Crippen LogP) is 4.90. The van der Waals surface area contributed by atoms with E-state index in [1.807, 2.05) is 27.7 Å². The highest BCUT2D eigenvalue weighted by Crippen LogP contribution is 2.25. The van der Waals surface area contributed by atoms with E-state index >= 15 is 0 Å². The van der Waals surface area contributed by atoms with E-state index in [0.717, 1.165) is 0 Å². The molecular weight excluding hydrogens is 433 g/mol. The van der Waals surface area contributed by atoms with E-state index in [0.29, 0.717) is 12.5 Å². The van der Waals surface area contributed by atoms with Gasteiger partial charge in [0.2, 0.25) is 21.4 Å². The van der Waals surface area contributed by atoms with E-state index in [1.165, 1.54) is 0 Å². The molecule has 0 aliphatic heterocycles. The van der Waals surface area contributed by atoms with E-state index in [4.69, 9.17) is 13.9 Å². The Labute approximate surface area is 174 Å². The van der Waals surface area contributed by atoms with Gasteiger partial charge in [-0.1, -0.05) is 10.9 Å². The molecule has 6 nitrogen and oxygen atoms in total. The van der Waals surface area contributed by atoms with Gasteiger partial charge in [0.15, 0.2) is 17.4 Å². The molecular formula is C18H24F5NO5Si. The molecule has 0 aromatic heterocycles. The van der Waals surface area contributed by atoms with Gasteiger partial charge in [-0.05, 0) is 40.2 Å². The summed E-state index contributed by atoms with van der Waals surface area (Å²) in [5.41, 5.74) is 0. The van der Waals surface area contributed by atoms with Crippen molar-refractivity contribution in [2.45, 2.75) is 65.3 Å². The van der Waals surface area contributed by atoms with Gasteiger partial charge >= 0.3 is 6.09 Å². The molecule has 1 rings (SSSR count).